The second-order valence-electron chi connectivity index (χ2n) is 6.36. The van der Waals surface area contributed by atoms with Gasteiger partial charge in [-0.3, -0.25) is 9.69 Å². The van der Waals surface area contributed by atoms with Crippen LogP contribution < -0.4 is 4.74 Å². The normalized spacial score (nSPS) is 17.4. The largest absolute Gasteiger partial charge is 0.479 e. The molecule has 0 radical (unpaired) electrons. The number of thioether (sulfide) groups is 1. The zero-order valence-electron chi connectivity index (χ0n) is 16.1. The second-order valence-corrected chi connectivity index (χ2v) is 7.37. The van der Waals surface area contributed by atoms with Gasteiger partial charge in [0, 0.05) is 7.05 Å². The summed E-state index contributed by atoms with van der Waals surface area (Å²) in [6.45, 7) is 1.43. The van der Waals surface area contributed by atoms with Crippen LogP contribution in [0.5, 0.6) is 5.75 Å². The summed E-state index contributed by atoms with van der Waals surface area (Å²) in [5.41, 5.74) is 0.953. The number of benzene rings is 2. The standard InChI is InChI=1S/C21H18N2O6S/c1-12(19(25)26)29-14-7-5-6-13(10-14)11-17-18(24)23(2)21(30-17)22-16-9-4-3-8-15(16)20(27)28/h3-12H,1-2H3,(H,25,26)(H,27,28)/b17-11-,22-21?. The molecule has 154 valence electrons. The number of carboxylic acid groups (broad SMARTS) is 2. The van der Waals surface area contributed by atoms with E-state index >= 15 is 0 Å². The maximum absolute atomic E-state index is 12.6. The topological polar surface area (TPSA) is 117 Å². The molecule has 2 aromatic carbocycles. The molecule has 0 aliphatic carbocycles. The highest BCUT2D eigenvalue weighted by atomic mass is 32.2. The third kappa shape index (κ3) is 4.69. The van der Waals surface area contributed by atoms with E-state index in [-0.39, 0.29) is 17.2 Å². The number of likely N-dealkylation sites (N-methyl/N-ethyl adjacent to an activating group) is 1. The molecule has 1 fully saturated rings. The van der Waals surface area contributed by atoms with Gasteiger partial charge in [0.15, 0.2) is 11.3 Å². The van der Waals surface area contributed by atoms with Crippen molar-refractivity contribution in [3.8, 4) is 5.75 Å². The van der Waals surface area contributed by atoms with Gasteiger partial charge in [0.1, 0.15) is 5.75 Å². The number of ether oxygens (including phenoxy) is 1. The predicted octanol–water partition coefficient (Wildman–Crippen LogP) is 3.47. The summed E-state index contributed by atoms with van der Waals surface area (Å²) >= 11 is 1.12. The molecule has 0 spiro atoms. The monoisotopic (exact) mass is 426 g/mol. The van der Waals surface area contributed by atoms with Crippen LogP contribution in [0.1, 0.15) is 22.8 Å². The van der Waals surface area contributed by atoms with Gasteiger partial charge in [0.2, 0.25) is 0 Å². The van der Waals surface area contributed by atoms with E-state index in [1.165, 1.54) is 17.9 Å². The Morgan fingerprint density at radius 2 is 1.90 bits per heavy atom. The van der Waals surface area contributed by atoms with E-state index in [1.807, 2.05) is 0 Å². The fraction of sp³-hybridized carbons (Fsp3) is 0.143. The molecule has 9 heteroatoms. The molecule has 1 heterocycles. The molecule has 2 aromatic rings. The van der Waals surface area contributed by atoms with Gasteiger partial charge in [-0.05, 0) is 54.6 Å². The number of para-hydroxylation sites is 1. The van der Waals surface area contributed by atoms with E-state index in [2.05, 4.69) is 4.99 Å². The number of amidine groups is 1. The zero-order chi connectivity index (χ0) is 21.8. The van der Waals surface area contributed by atoms with Gasteiger partial charge >= 0.3 is 11.9 Å². The van der Waals surface area contributed by atoms with Gasteiger partial charge in [0.05, 0.1) is 16.2 Å². The lowest BCUT2D eigenvalue weighted by atomic mass is 10.2. The predicted molar refractivity (Wildman–Crippen MR) is 113 cm³/mol. The molecule has 0 aromatic heterocycles. The van der Waals surface area contributed by atoms with E-state index in [0.29, 0.717) is 21.4 Å². The van der Waals surface area contributed by atoms with Crippen LogP contribution in [0.3, 0.4) is 0 Å². The number of hydrogen-bond donors (Lipinski definition) is 2. The van der Waals surface area contributed by atoms with Crippen LogP contribution in [0.15, 0.2) is 58.4 Å². The zero-order valence-corrected chi connectivity index (χ0v) is 16.9. The van der Waals surface area contributed by atoms with Crippen molar-refractivity contribution < 1.29 is 29.3 Å². The molecule has 1 aliphatic rings. The molecule has 1 atom stereocenters. The highest BCUT2D eigenvalue weighted by molar-refractivity contribution is 8.18. The van der Waals surface area contributed by atoms with Crippen molar-refractivity contribution in [2.45, 2.75) is 13.0 Å². The lowest BCUT2D eigenvalue weighted by Gasteiger charge is -2.10. The average Bonchev–Trinajstić information content (AvgIpc) is 2.96. The van der Waals surface area contributed by atoms with Crippen LogP contribution in [0, 0.1) is 0 Å². The number of nitrogens with zero attached hydrogens (tertiary/aromatic N) is 2. The molecule has 2 N–H and O–H groups in total. The fourth-order valence-corrected chi connectivity index (χ4v) is 3.57. The summed E-state index contributed by atoms with van der Waals surface area (Å²) in [5.74, 6) is -2.09. The highest BCUT2D eigenvalue weighted by Gasteiger charge is 2.30. The molecule has 3 rings (SSSR count). The lowest BCUT2D eigenvalue weighted by molar-refractivity contribution is -0.144. The van der Waals surface area contributed by atoms with Crippen molar-refractivity contribution in [1.29, 1.82) is 0 Å². The van der Waals surface area contributed by atoms with Gasteiger partial charge in [-0.25, -0.2) is 14.6 Å². The molecule has 30 heavy (non-hydrogen) atoms. The molecular formula is C21H18N2O6S. The Morgan fingerprint density at radius 1 is 1.17 bits per heavy atom. The van der Waals surface area contributed by atoms with Gasteiger partial charge in [0.25, 0.3) is 5.91 Å². The Bertz CT molecular complexity index is 1080. The van der Waals surface area contributed by atoms with Gasteiger partial charge < -0.3 is 14.9 Å². The van der Waals surface area contributed by atoms with Crippen molar-refractivity contribution in [1.82, 2.24) is 4.90 Å². The number of hydrogen-bond acceptors (Lipinski definition) is 6. The average molecular weight is 426 g/mol. The summed E-state index contributed by atoms with van der Waals surface area (Å²) in [6, 6.07) is 13.0. The van der Waals surface area contributed by atoms with Crippen molar-refractivity contribution >= 4 is 46.5 Å². The minimum absolute atomic E-state index is 0.0429. The minimum atomic E-state index is -1.10. The van der Waals surface area contributed by atoms with E-state index in [0.717, 1.165) is 11.8 Å². The maximum Gasteiger partial charge on any atom is 0.344 e. The van der Waals surface area contributed by atoms with E-state index in [1.54, 1.807) is 55.6 Å². The second kappa shape index (κ2) is 8.83. The van der Waals surface area contributed by atoms with Gasteiger partial charge in [-0.1, -0.05) is 24.3 Å². The minimum Gasteiger partial charge on any atom is -0.479 e. The van der Waals surface area contributed by atoms with Crippen LogP contribution in [0.2, 0.25) is 0 Å². The summed E-state index contributed by atoms with van der Waals surface area (Å²) in [5, 5.41) is 18.6. The van der Waals surface area contributed by atoms with Crippen molar-refractivity contribution in [3.63, 3.8) is 0 Å². The number of aliphatic imine (C=N–C) groups is 1. The lowest BCUT2D eigenvalue weighted by Crippen LogP contribution is -2.23. The first-order chi connectivity index (χ1) is 14.3. The van der Waals surface area contributed by atoms with Crippen LogP contribution in [0.4, 0.5) is 5.69 Å². The van der Waals surface area contributed by atoms with Gasteiger partial charge in [-0.15, -0.1) is 0 Å². The number of carbonyl (C=O) groups is 3. The molecule has 1 unspecified atom stereocenters. The molecule has 0 bridgehead atoms. The maximum atomic E-state index is 12.6. The number of rotatable bonds is 6. The Kier molecular flexibility index (Phi) is 6.22. The third-order valence-electron chi connectivity index (χ3n) is 4.17. The van der Waals surface area contributed by atoms with Crippen molar-refractivity contribution in [2.75, 3.05) is 7.05 Å². The van der Waals surface area contributed by atoms with Crippen molar-refractivity contribution in [2.24, 2.45) is 4.99 Å². The molecule has 0 saturated carbocycles. The van der Waals surface area contributed by atoms with E-state index in [9.17, 15) is 19.5 Å². The molecule has 1 aliphatic heterocycles. The first kappa shape index (κ1) is 21.1. The molecule has 1 amide bonds. The fourth-order valence-electron chi connectivity index (χ4n) is 2.59. The summed E-state index contributed by atoms with van der Waals surface area (Å²) in [4.78, 5) is 41.0. The Balaban J connectivity index is 1.87. The smallest absolute Gasteiger partial charge is 0.344 e. The van der Waals surface area contributed by atoms with Crippen LogP contribution in [0.25, 0.3) is 6.08 Å². The summed E-state index contributed by atoms with van der Waals surface area (Å²) < 4.78 is 5.35. The number of aliphatic carboxylic acids is 1. The number of aromatic carboxylic acids is 1. The summed E-state index contributed by atoms with van der Waals surface area (Å²) in [7, 11) is 1.56. The number of carboxylic acids is 2. The Hall–Kier alpha value is -3.59. The third-order valence-corrected chi connectivity index (χ3v) is 5.23. The SMILES string of the molecule is CC(Oc1cccc(/C=C2\SC(=Nc3ccccc3C(=O)O)N(C)C2=O)c1)C(=O)O. The molecular weight excluding hydrogens is 408 g/mol. The number of amides is 1. The van der Waals surface area contributed by atoms with Crippen LogP contribution in [-0.4, -0.2) is 51.3 Å². The first-order valence-corrected chi connectivity index (χ1v) is 9.66. The van der Waals surface area contributed by atoms with Gasteiger partial charge in [-0.2, -0.15) is 0 Å². The van der Waals surface area contributed by atoms with Crippen LogP contribution in [-0.2, 0) is 9.59 Å². The van der Waals surface area contributed by atoms with Crippen molar-refractivity contribution in [3.05, 3.63) is 64.6 Å². The summed E-state index contributed by atoms with van der Waals surface area (Å²) in [6.07, 6.45) is 0.641. The molecule has 8 nitrogen and oxygen atoms in total. The first-order valence-electron chi connectivity index (χ1n) is 8.84. The number of carbonyl (C=O) groups excluding carboxylic acids is 1. The highest BCUT2D eigenvalue weighted by Crippen LogP contribution is 2.34. The van der Waals surface area contributed by atoms with E-state index in [4.69, 9.17) is 9.84 Å². The molecule has 1 saturated heterocycles. The van der Waals surface area contributed by atoms with E-state index < -0.39 is 18.0 Å². The van der Waals surface area contributed by atoms with Crippen LogP contribution >= 0.6 is 11.8 Å². The Morgan fingerprint density at radius 3 is 2.60 bits per heavy atom. The Labute approximate surface area is 176 Å². The quantitative estimate of drug-likeness (QED) is 0.679.